The monoisotopic (exact) mass is 371 g/mol. The fourth-order valence-corrected chi connectivity index (χ4v) is 5.15. The minimum absolute atomic E-state index is 0.0226. The van der Waals surface area contributed by atoms with Gasteiger partial charge in [0, 0.05) is 6.54 Å². The molecule has 0 aliphatic heterocycles. The molecular weight excluding hydrogens is 353 g/mol. The van der Waals surface area contributed by atoms with E-state index in [9.17, 15) is 13.0 Å². The van der Waals surface area contributed by atoms with Crippen LogP contribution in [-0.2, 0) is 34.5 Å². The van der Waals surface area contributed by atoms with E-state index in [2.05, 4.69) is 0 Å². The van der Waals surface area contributed by atoms with Gasteiger partial charge in [-0.25, -0.2) is 0 Å². The number of halogens is 1. The first kappa shape index (κ1) is 19.6. The van der Waals surface area contributed by atoms with Crippen molar-refractivity contribution in [3.8, 4) is 0 Å². The maximum absolute atomic E-state index is 12.3. The molecule has 1 aromatic carbocycles. The predicted molar refractivity (Wildman–Crippen MR) is 83.3 cm³/mol. The maximum atomic E-state index is 12.3. The fourth-order valence-electron chi connectivity index (χ4n) is 1.69. The van der Waals surface area contributed by atoms with Gasteiger partial charge in [-0.15, -0.1) is 0 Å². The predicted octanol–water partition coefficient (Wildman–Crippen LogP) is 2.73. The van der Waals surface area contributed by atoms with E-state index in [0.29, 0.717) is 5.56 Å². The Morgan fingerprint density at radius 1 is 1.23 bits per heavy atom. The summed E-state index contributed by atoms with van der Waals surface area (Å²) in [6, 6.07) is 4.50. The zero-order valence-corrected chi connectivity index (χ0v) is 14.8. The molecule has 10 heteroatoms. The van der Waals surface area contributed by atoms with E-state index in [0.717, 1.165) is 0 Å². The van der Waals surface area contributed by atoms with Crippen LogP contribution in [0.4, 0.5) is 0 Å². The number of benzene rings is 1. The van der Waals surface area contributed by atoms with Crippen molar-refractivity contribution >= 4 is 29.3 Å². The lowest BCUT2D eigenvalue weighted by molar-refractivity contribution is 0.198. The molecule has 0 fully saturated rings. The van der Waals surface area contributed by atoms with Crippen molar-refractivity contribution in [1.29, 1.82) is 0 Å². The highest BCUT2D eigenvalue weighted by molar-refractivity contribution is 7.87. The summed E-state index contributed by atoms with van der Waals surface area (Å²) in [5, 5.41) is -0.0226. The van der Waals surface area contributed by atoms with Crippen LogP contribution in [0.3, 0.4) is 0 Å². The quantitative estimate of drug-likeness (QED) is 0.525. The molecule has 0 aromatic heterocycles. The second kappa shape index (κ2) is 8.40. The molecule has 0 heterocycles. The van der Waals surface area contributed by atoms with Gasteiger partial charge in [0.25, 0.3) is 10.1 Å². The summed E-state index contributed by atoms with van der Waals surface area (Å²) >= 11 is 5.92. The summed E-state index contributed by atoms with van der Waals surface area (Å²) in [7, 11) is -7.90. The summed E-state index contributed by atoms with van der Waals surface area (Å²) in [6.07, 6.45) is -0.730. The highest BCUT2D eigenvalue weighted by Gasteiger charge is 2.30. The maximum Gasteiger partial charge on any atom is 0.357 e. The Morgan fingerprint density at radius 3 is 2.32 bits per heavy atom. The first-order chi connectivity index (χ1) is 10.3. The third kappa shape index (κ3) is 5.03. The van der Waals surface area contributed by atoms with E-state index in [1.165, 1.54) is 12.1 Å². The Balaban J connectivity index is 3.04. The third-order valence-electron chi connectivity index (χ3n) is 2.54. The first-order valence-electron chi connectivity index (χ1n) is 6.54. The summed E-state index contributed by atoms with van der Waals surface area (Å²) in [5.41, 5.74) is 5.81. The van der Waals surface area contributed by atoms with Crippen LogP contribution in [0.25, 0.3) is 0 Å². The topological polar surface area (TPSA) is 105 Å². The van der Waals surface area contributed by atoms with Crippen molar-refractivity contribution in [2.24, 2.45) is 5.73 Å². The van der Waals surface area contributed by atoms with Crippen LogP contribution < -0.4 is 5.73 Å². The van der Waals surface area contributed by atoms with Crippen molar-refractivity contribution in [2.45, 2.75) is 25.3 Å². The van der Waals surface area contributed by atoms with Gasteiger partial charge in [-0.1, -0.05) is 23.7 Å². The molecule has 1 rings (SSSR count). The Kier molecular flexibility index (Phi) is 7.48. The lowest BCUT2D eigenvalue weighted by Gasteiger charge is -2.17. The van der Waals surface area contributed by atoms with E-state index in [1.54, 1.807) is 19.9 Å². The lowest BCUT2D eigenvalue weighted by atomic mass is 10.2. The summed E-state index contributed by atoms with van der Waals surface area (Å²) in [4.78, 5) is -0.237. The van der Waals surface area contributed by atoms with Gasteiger partial charge in [0.15, 0.2) is 6.35 Å². The fraction of sp³-hybridized carbons (Fsp3) is 0.500. The van der Waals surface area contributed by atoms with Gasteiger partial charge in [-0.3, -0.25) is 8.75 Å². The molecule has 0 bridgehead atoms. The SMILES string of the molecule is CCOP(=O)(COS(=O)(=O)c1c(Cl)cccc1CN)OCC. The smallest absolute Gasteiger partial charge is 0.326 e. The molecule has 0 atom stereocenters. The molecule has 22 heavy (non-hydrogen) atoms. The van der Waals surface area contributed by atoms with E-state index in [4.69, 9.17) is 30.6 Å². The Labute approximate surface area is 135 Å². The van der Waals surface area contributed by atoms with Crippen molar-refractivity contribution in [3.05, 3.63) is 28.8 Å². The summed E-state index contributed by atoms with van der Waals surface area (Å²) < 4.78 is 51.6. The molecule has 126 valence electrons. The summed E-state index contributed by atoms with van der Waals surface area (Å²) in [5.74, 6) is 0. The van der Waals surface area contributed by atoms with Gasteiger partial charge in [0.2, 0.25) is 0 Å². The highest BCUT2D eigenvalue weighted by atomic mass is 35.5. The zero-order valence-electron chi connectivity index (χ0n) is 12.3. The highest BCUT2D eigenvalue weighted by Crippen LogP contribution is 2.48. The first-order valence-corrected chi connectivity index (χ1v) is 10.1. The van der Waals surface area contributed by atoms with Crippen molar-refractivity contribution < 1.29 is 26.2 Å². The van der Waals surface area contributed by atoms with E-state index >= 15 is 0 Å². The van der Waals surface area contributed by atoms with E-state index < -0.39 is 24.1 Å². The Bertz CT molecular complexity index is 641. The molecule has 0 saturated heterocycles. The molecule has 1 aromatic rings. The molecular formula is C12H19ClNO6PS. The molecule has 0 spiro atoms. The number of rotatable bonds is 9. The lowest BCUT2D eigenvalue weighted by Crippen LogP contribution is -2.14. The molecule has 0 amide bonds. The molecule has 0 aliphatic rings. The molecule has 0 aliphatic carbocycles. The average molecular weight is 372 g/mol. The standard InChI is InChI=1S/C12H19ClNO6PS/c1-3-18-21(15,19-4-2)9-20-22(16,17)12-10(8-14)6-5-7-11(12)13/h5-7H,3-4,8-9,14H2,1-2H3. The normalized spacial score (nSPS) is 12.5. The van der Waals surface area contributed by atoms with Crippen molar-refractivity contribution in [3.63, 3.8) is 0 Å². The van der Waals surface area contributed by atoms with Crippen molar-refractivity contribution in [2.75, 3.05) is 19.6 Å². The van der Waals surface area contributed by atoms with E-state index in [1.807, 2.05) is 0 Å². The zero-order chi connectivity index (χ0) is 16.8. The second-order valence-electron chi connectivity index (χ2n) is 4.08. The third-order valence-corrected chi connectivity index (χ3v) is 6.30. The van der Waals surface area contributed by atoms with Gasteiger partial charge >= 0.3 is 7.60 Å². The van der Waals surface area contributed by atoms with Crippen LogP contribution in [0.1, 0.15) is 19.4 Å². The minimum atomic E-state index is -4.25. The van der Waals surface area contributed by atoms with Gasteiger partial charge in [0.05, 0.1) is 18.2 Å². The number of nitrogens with two attached hydrogens (primary N) is 1. The Hall–Kier alpha value is -0.470. The molecule has 2 N–H and O–H groups in total. The minimum Gasteiger partial charge on any atom is -0.326 e. The molecule has 7 nitrogen and oxygen atoms in total. The Morgan fingerprint density at radius 2 is 1.82 bits per heavy atom. The number of hydrogen-bond acceptors (Lipinski definition) is 7. The van der Waals surface area contributed by atoms with Gasteiger partial charge < -0.3 is 14.8 Å². The van der Waals surface area contributed by atoms with Gasteiger partial charge in [0.1, 0.15) is 4.90 Å². The van der Waals surface area contributed by atoms with Crippen LogP contribution in [0.2, 0.25) is 5.02 Å². The second-order valence-corrected chi connectivity index (χ2v) is 8.04. The summed E-state index contributed by atoms with van der Waals surface area (Å²) in [6.45, 7) is 3.39. The van der Waals surface area contributed by atoms with Crippen LogP contribution in [0, 0.1) is 0 Å². The van der Waals surface area contributed by atoms with Gasteiger partial charge in [-0.2, -0.15) is 8.42 Å². The largest absolute Gasteiger partial charge is 0.357 e. The number of hydrogen-bond donors (Lipinski definition) is 1. The van der Waals surface area contributed by atoms with E-state index in [-0.39, 0.29) is 29.7 Å². The van der Waals surface area contributed by atoms with Gasteiger partial charge in [-0.05, 0) is 25.5 Å². The van der Waals surface area contributed by atoms with Crippen LogP contribution in [0.5, 0.6) is 0 Å². The molecule has 0 saturated carbocycles. The van der Waals surface area contributed by atoms with Crippen molar-refractivity contribution in [1.82, 2.24) is 0 Å². The van der Waals surface area contributed by atoms with Crippen LogP contribution in [-0.4, -0.2) is 28.0 Å². The van der Waals surface area contributed by atoms with Crippen LogP contribution in [0.15, 0.2) is 23.1 Å². The molecule has 0 unspecified atom stereocenters. The van der Waals surface area contributed by atoms with Crippen LogP contribution >= 0.6 is 19.2 Å². The molecule has 0 radical (unpaired) electrons. The average Bonchev–Trinajstić information content (AvgIpc) is 2.45.